The van der Waals surface area contributed by atoms with Crippen LogP contribution in [0.1, 0.15) is 26.2 Å². The summed E-state index contributed by atoms with van der Waals surface area (Å²) < 4.78 is 0. The summed E-state index contributed by atoms with van der Waals surface area (Å²) in [5.41, 5.74) is 0. The largest absolute Gasteiger partial charge is 0.354 e. The van der Waals surface area contributed by atoms with Crippen LogP contribution in [0.5, 0.6) is 0 Å². The molecule has 118 valence electrons. The van der Waals surface area contributed by atoms with Crippen LogP contribution in [0, 0.1) is 0 Å². The molecule has 1 aromatic heterocycles. The number of aromatic nitrogens is 3. The minimum Gasteiger partial charge on any atom is -0.354 e. The highest BCUT2D eigenvalue weighted by Gasteiger charge is 2.10. The molecule has 0 bridgehead atoms. The lowest BCUT2D eigenvalue weighted by molar-refractivity contribution is 0.237. The monoisotopic (exact) mass is 293 g/mol. The van der Waals surface area contributed by atoms with Crippen LogP contribution >= 0.6 is 0 Å². The summed E-state index contributed by atoms with van der Waals surface area (Å²) in [5, 5.41) is 6.46. The molecule has 1 saturated heterocycles. The molecular weight excluding hydrogens is 266 g/mol. The van der Waals surface area contributed by atoms with E-state index >= 15 is 0 Å². The molecule has 7 nitrogen and oxygen atoms in total. The predicted octanol–water partition coefficient (Wildman–Crippen LogP) is 1.27. The quantitative estimate of drug-likeness (QED) is 0.784. The normalized spacial score (nSPS) is 15.8. The summed E-state index contributed by atoms with van der Waals surface area (Å²) in [6, 6.07) is 0. The van der Waals surface area contributed by atoms with Crippen LogP contribution in [-0.2, 0) is 0 Å². The molecule has 1 aromatic rings. The minimum atomic E-state index is 0.622. The smallest absolute Gasteiger partial charge is 0.231 e. The van der Waals surface area contributed by atoms with E-state index in [2.05, 4.69) is 30.5 Å². The Morgan fingerprint density at radius 1 is 1.00 bits per heavy atom. The molecule has 0 aliphatic carbocycles. The van der Waals surface area contributed by atoms with Gasteiger partial charge in [-0.1, -0.05) is 6.42 Å². The maximum absolute atomic E-state index is 4.43. The molecule has 1 fully saturated rings. The van der Waals surface area contributed by atoms with Crippen molar-refractivity contribution in [2.24, 2.45) is 0 Å². The molecule has 0 atom stereocenters. The van der Waals surface area contributed by atoms with Gasteiger partial charge in [-0.3, -0.25) is 0 Å². The molecule has 0 radical (unpaired) electrons. The lowest BCUT2D eigenvalue weighted by Crippen LogP contribution is -2.34. The first-order valence-electron chi connectivity index (χ1n) is 7.82. The van der Waals surface area contributed by atoms with Crippen LogP contribution < -0.4 is 15.5 Å². The second kappa shape index (κ2) is 7.97. The van der Waals surface area contributed by atoms with E-state index in [-0.39, 0.29) is 0 Å². The van der Waals surface area contributed by atoms with E-state index in [4.69, 9.17) is 0 Å². The highest BCUT2D eigenvalue weighted by atomic mass is 15.3. The molecule has 0 amide bonds. The van der Waals surface area contributed by atoms with Crippen molar-refractivity contribution >= 4 is 17.8 Å². The number of rotatable bonds is 7. The summed E-state index contributed by atoms with van der Waals surface area (Å²) in [4.78, 5) is 17.6. The lowest BCUT2D eigenvalue weighted by atomic mass is 10.1. The molecule has 0 aromatic carbocycles. The minimum absolute atomic E-state index is 0.622. The third kappa shape index (κ3) is 5.00. The Labute approximate surface area is 127 Å². The Morgan fingerprint density at radius 3 is 2.29 bits per heavy atom. The average molecular weight is 293 g/mol. The van der Waals surface area contributed by atoms with Crippen molar-refractivity contribution in [3.05, 3.63) is 0 Å². The fourth-order valence-electron chi connectivity index (χ4n) is 2.39. The van der Waals surface area contributed by atoms with Gasteiger partial charge in [0.05, 0.1) is 0 Å². The van der Waals surface area contributed by atoms with Gasteiger partial charge in [-0.25, -0.2) is 0 Å². The van der Waals surface area contributed by atoms with E-state index in [0.717, 1.165) is 19.6 Å². The maximum Gasteiger partial charge on any atom is 0.231 e. The Hall–Kier alpha value is -1.63. The molecule has 0 saturated carbocycles. The lowest BCUT2D eigenvalue weighted by Gasteiger charge is -2.26. The molecule has 2 heterocycles. The van der Waals surface area contributed by atoms with Crippen LogP contribution in [0.2, 0.25) is 0 Å². The Kier molecular flexibility index (Phi) is 5.98. The number of nitrogens with zero attached hydrogens (tertiary/aromatic N) is 5. The summed E-state index contributed by atoms with van der Waals surface area (Å²) in [6.07, 6.45) is 4.01. The summed E-state index contributed by atoms with van der Waals surface area (Å²) in [7, 11) is 3.87. The zero-order valence-electron chi connectivity index (χ0n) is 13.4. The van der Waals surface area contributed by atoms with Gasteiger partial charge >= 0.3 is 0 Å². The summed E-state index contributed by atoms with van der Waals surface area (Å²) >= 11 is 0. The van der Waals surface area contributed by atoms with E-state index in [9.17, 15) is 0 Å². The number of nitrogens with one attached hydrogen (secondary N) is 2. The molecule has 0 unspecified atom stereocenters. The van der Waals surface area contributed by atoms with E-state index < -0.39 is 0 Å². The van der Waals surface area contributed by atoms with E-state index in [0.29, 0.717) is 17.8 Å². The average Bonchev–Trinajstić information content (AvgIpc) is 2.48. The van der Waals surface area contributed by atoms with Crippen molar-refractivity contribution in [2.75, 3.05) is 62.4 Å². The van der Waals surface area contributed by atoms with Gasteiger partial charge in [-0.05, 0) is 32.9 Å². The SMILES string of the molecule is CCNc1nc(NCCN2CCCCC2)nc(N(C)C)n1. The fourth-order valence-corrected chi connectivity index (χ4v) is 2.39. The van der Waals surface area contributed by atoms with Crippen molar-refractivity contribution in [3.8, 4) is 0 Å². The predicted molar refractivity (Wildman–Crippen MR) is 87.1 cm³/mol. The third-order valence-electron chi connectivity index (χ3n) is 3.52. The molecule has 1 aliphatic heterocycles. The number of anilines is 3. The van der Waals surface area contributed by atoms with E-state index in [1.807, 2.05) is 25.9 Å². The Morgan fingerprint density at radius 2 is 1.67 bits per heavy atom. The molecule has 7 heteroatoms. The summed E-state index contributed by atoms with van der Waals surface area (Å²) in [5.74, 6) is 1.93. The highest BCUT2D eigenvalue weighted by molar-refractivity contribution is 5.42. The molecule has 2 rings (SSSR count). The third-order valence-corrected chi connectivity index (χ3v) is 3.52. The zero-order valence-corrected chi connectivity index (χ0v) is 13.4. The topological polar surface area (TPSA) is 69.2 Å². The molecule has 1 aliphatic rings. The van der Waals surface area contributed by atoms with Crippen LogP contribution in [-0.4, -0.2) is 66.7 Å². The molecular formula is C14H27N7. The van der Waals surface area contributed by atoms with Crippen LogP contribution in [0.15, 0.2) is 0 Å². The second-order valence-corrected chi connectivity index (χ2v) is 5.54. The Bertz CT molecular complexity index is 429. The van der Waals surface area contributed by atoms with Crippen LogP contribution in [0.4, 0.5) is 17.8 Å². The molecule has 2 N–H and O–H groups in total. The van der Waals surface area contributed by atoms with Gasteiger partial charge in [0.2, 0.25) is 17.8 Å². The van der Waals surface area contributed by atoms with Gasteiger partial charge in [0.25, 0.3) is 0 Å². The first kappa shape index (κ1) is 15.8. The standard InChI is InChI=1S/C14H27N7/c1-4-15-12-17-13(19-14(18-12)20(2)3)16-8-11-21-9-6-5-7-10-21/h4-11H2,1-3H3,(H2,15,16,17,18,19). The van der Waals surface area contributed by atoms with Gasteiger partial charge in [0, 0.05) is 33.7 Å². The van der Waals surface area contributed by atoms with Crippen molar-refractivity contribution in [1.29, 1.82) is 0 Å². The van der Waals surface area contributed by atoms with Crippen LogP contribution in [0.3, 0.4) is 0 Å². The maximum atomic E-state index is 4.43. The highest BCUT2D eigenvalue weighted by Crippen LogP contribution is 2.12. The van der Waals surface area contributed by atoms with Gasteiger partial charge in [-0.15, -0.1) is 0 Å². The van der Waals surface area contributed by atoms with Crippen LogP contribution in [0.25, 0.3) is 0 Å². The first-order chi connectivity index (χ1) is 10.2. The summed E-state index contributed by atoms with van der Waals surface area (Å²) in [6.45, 7) is 7.16. The number of piperidine rings is 1. The van der Waals surface area contributed by atoms with Crippen molar-refractivity contribution < 1.29 is 0 Å². The van der Waals surface area contributed by atoms with Crippen molar-refractivity contribution in [1.82, 2.24) is 19.9 Å². The van der Waals surface area contributed by atoms with Gasteiger partial charge in [0.1, 0.15) is 0 Å². The molecule has 21 heavy (non-hydrogen) atoms. The van der Waals surface area contributed by atoms with Gasteiger partial charge in [0.15, 0.2) is 0 Å². The zero-order chi connectivity index (χ0) is 15.1. The number of hydrogen-bond acceptors (Lipinski definition) is 7. The molecule has 0 spiro atoms. The van der Waals surface area contributed by atoms with E-state index in [1.54, 1.807) is 0 Å². The fraction of sp³-hybridized carbons (Fsp3) is 0.786. The second-order valence-electron chi connectivity index (χ2n) is 5.54. The first-order valence-corrected chi connectivity index (χ1v) is 7.82. The van der Waals surface area contributed by atoms with E-state index in [1.165, 1.54) is 32.4 Å². The van der Waals surface area contributed by atoms with Gasteiger partial charge in [-0.2, -0.15) is 15.0 Å². The van der Waals surface area contributed by atoms with Gasteiger partial charge < -0.3 is 20.4 Å². The Balaban J connectivity index is 1.91. The number of hydrogen-bond donors (Lipinski definition) is 2. The van der Waals surface area contributed by atoms with Crippen molar-refractivity contribution in [3.63, 3.8) is 0 Å². The van der Waals surface area contributed by atoms with Crippen molar-refractivity contribution in [2.45, 2.75) is 26.2 Å². The number of likely N-dealkylation sites (tertiary alicyclic amines) is 1.